The predicted molar refractivity (Wildman–Crippen MR) is 58.0 cm³/mol. The first-order valence-electron chi connectivity index (χ1n) is 5.30. The molecule has 0 amide bonds. The van der Waals surface area contributed by atoms with E-state index in [4.69, 9.17) is 5.73 Å². The maximum absolute atomic E-state index is 5.50. The second-order valence-electron chi connectivity index (χ2n) is 3.90. The lowest BCUT2D eigenvalue weighted by atomic mass is 10.3. The number of aryl methyl sites for hydroxylation is 1. The van der Waals surface area contributed by atoms with Crippen molar-refractivity contribution in [3.05, 3.63) is 5.82 Å². The Bertz CT molecular complexity index is 282. The van der Waals surface area contributed by atoms with E-state index in [2.05, 4.69) is 34.2 Å². The van der Waals surface area contributed by atoms with E-state index in [0.29, 0.717) is 6.04 Å². The van der Waals surface area contributed by atoms with Crippen molar-refractivity contribution in [2.45, 2.75) is 32.9 Å². The van der Waals surface area contributed by atoms with Crippen LogP contribution in [0.2, 0.25) is 0 Å². The van der Waals surface area contributed by atoms with Crippen molar-refractivity contribution in [1.29, 1.82) is 0 Å². The first kappa shape index (κ1) is 12.1. The molecule has 0 spiro atoms. The van der Waals surface area contributed by atoms with Gasteiger partial charge in [-0.1, -0.05) is 0 Å². The molecular formula is C9H20N6. The van der Waals surface area contributed by atoms with Crippen LogP contribution >= 0.6 is 0 Å². The minimum atomic E-state index is 0.473. The summed E-state index contributed by atoms with van der Waals surface area (Å²) in [5.74, 6) is 0.767. The number of hydrogen-bond donors (Lipinski definition) is 1. The molecule has 0 atom stereocenters. The van der Waals surface area contributed by atoms with Gasteiger partial charge < -0.3 is 5.73 Å². The Balaban J connectivity index is 2.50. The van der Waals surface area contributed by atoms with Crippen molar-refractivity contribution < 1.29 is 0 Å². The van der Waals surface area contributed by atoms with Gasteiger partial charge in [0.15, 0.2) is 5.82 Å². The van der Waals surface area contributed by atoms with Crippen LogP contribution in [0.1, 0.15) is 26.1 Å². The summed E-state index contributed by atoms with van der Waals surface area (Å²) < 4.78 is 0. The fourth-order valence-electron chi connectivity index (χ4n) is 1.38. The molecule has 2 N–H and O–H groups in total. The molecule has 0 aliphatic rings. The maximum Gasteiger partial charge on any atom is 0.188 e. The van der Waals surface area contributed by atoms with Crippen LogP contribution in [0.4, 0.5) is 0 Å². The van der Waals surface area contributed by atoms with Gasteiger partial charge in [-0.2, -0.15) is 4.80 Å². The van der Waals surface area contributed by atoms with Crippen molar-refractivity contribution in [1.82, 2.24) is 25.1 Å². The molecule has 1 aromatic rings. The third-order valence-corrected chi connectivity index (χ3v) is 2.27. The predicted octanol–water partition coefficient (Wildman–Crippen LogP) is -0.231. The smallest absolute Gasteiger partial charge is 0.188 e. The van der Waals surface area contributed by atoms with Crippen LogP contribution in [0.25, 0.3) is 0 Å². The largest absolute Gasteiger partial charge is 0.330 e. The van der Waals surface area contributed by atoms with E-state index in [1.807, 2.05) is 0 Å². The Kier molecular flexibility index (Phi) is 4.64. The van der Waals surface area contributed by atoms with Gasteiger partial charge >= 0.3 is 0 Å². The van der Waals surface area contributed by atoms with Crippen molar-refractivity contribution >= 4 is 0 Å². The maximum atomic E-state index is 5.50. The zero-order valence-corrected chi connectivity index (χ0v) is 9.72. The average Bonchev–Trinajstić information content (AvgIpc) is 2.58. The third kappa shape index (κ3) is 3.93. The average molecular weight is 212 g/mol. The highest BCUT2D eigenvalue weighted by Crippen LogP contribution is 2.03. The molecule has 0 aliphatic carbocycles. The van der Waals surface area contributed by atoms with Gasteiger partial charge in [0.25, 0.3) is 0 Å². The third-order valence-electron chi connectivity index (χ3n) is 2.27. The lowest BCUT2D eigenvalue weighted by Crippen LogP contribution is -2.32. The van der Waals surface area contributed by atoms with E-state index >= 15 is 0 Å². The Morgan fingerprint density at radius 2 is 2.20 bits per heavy atom. The van der Waals surface area contributed by atoms with Gasteiger partial charge in [0.1, 0.15) is 0 Å². The molecule has 1 heterocycles. The number of tetrazole rings is 1. The monoisotopic (exact) mass is 212 g/mol. The Labute approximate surface area is 90.4 Å². The normalized spacial score (nSPS) is 11.6. The Morgan fingerprint density at radius 1 is 1.47 bits per heavy atom. The van der Waals surface area contributed by atoms with Gasteiger partial charge in [-0.05, 0) is 32.0 Å². The molecule has 0 saturated carbocycles. The Morgan fingerprint density at radius 3 is 2.67 bits per heavy atom. The summed E-state index contributed by atoms with van der Waals surface area (Å²) in [7, 11) is 1.77. The van der Waals surface area contributed by atoms with Crippen LogP contribution in [-0.2, 0) is 13.6 Å². The Hall–Kier alpha value is -1.01. The molecule has 6 heteroatoms. The van der Waals surface area contributed by atoms with Crippen molar-refractivity contribution in [3.8, 4) is 0 Å². The summed E-state index contributed by atoms with van der Waals surface area (Å²) in [5.41, 5.74) is 5.50. The van der Waals surface area contributed by atoms with Crippen LogP contribution in [0, 0.1) is 0 Å². The number of rotatable bonds is 6. The molecule has 0 bridgehead atoms. The van der Waals surface area contributed by atoms with Gasteiger partial charge in [0, 0.05) is 12.6 Å². The highest BCUT2D eigenvalue weighted by molar-refractivity contribution is 4.78. The minimum Gasteiger partial charge on any atom is -0.330 e. The molecule has 86 valence electrons. The summed E-state index contributed by atoms with van der Waals surface area (Å²) in [6, 6.07) is 0.473. The molecule has 6 nitrogen and oxygen atoms in total. The minimum absolute atomic E-state index is 0.473. The van der Waals surface area contributed by atoms with Crippen LogP contribution < -0.4 is 5.73 Å². The fourth-order valence-corrected chi connectivity index (χ4v) is 1.38. The molecule has 1 rings (SSSR count). The second-order valence-corrected chi connectivity index (χ2v) is 3.90. The molecular weight excluding hydrogens is 192 g/mol. The summed E-state index contributed by atoms with van der Waals surface area (Å²) in [5, 5.41) is 12.0. The van der Waals surface area contributed by atoms with E-state index in [-0.39, 0.29) is 0 Å². The lowest BCUT2D eigenvalue weighted by molar-refractivity contribution is 0.206. The number of nitrogens with two attached hydrogens (primary N) is 1. The van der Waals surface area contributed by atoms with E-state index in [1.165, 1.54) is 4.80 Å². The van der Waals surface area contributed by atoms with E-state index < -0.39 is 0 Å². The highest BCUT2D eigenvalue weighted by Gasteiger charge is 2.12. The highest BCUT2D eigenvalue weighted by atomic mass is 15.6. The van der Waals surface area contributed by atoms with Crippen molar-refractivity contribution in [2.75, 3.05) is 13.1 Å². The zero-order valence-electron chi connectivity index (χ0n) is 9.72. The van der Waals surface area contributed by atoms with Gasteiger partial charge in [-0.15, -0.1) is 10.2 Å². The van der Waals surface area contributed by atoms with Gasteiger partial charge in [-0.25, -0.2) is 0 Å². The van der Waals surface area contributed by atoms with Crippen LogP contribution in [-0.4, -0.2) is 44.2 Å². The molecule has 0 unspecified atom stereocenters. The van der Waals surface area contributed by atoms with E-state index in [0.717, 1.165) is 31.9 Å². The van der Waals surface area contributed by atoms with Crippen LogP contribution in [0.5, 0.6) is 0 Å². The molecule has 0 radical (unpaired) electrons. The summed E-state index contributed by atoms with van der Waals surface area (Å²) in [4.78, 5) is 3.78. The summed E-state index contributed by atoms with van der Waals surface area (Å²) in [6.45, 7) is 6.76. The molecule has 15 heavy (non-hydrogen) atoms. The van der Waals surface area contributed by atoms with Gasteiger partial charge in [0.2, 0.25) is 0 Å². The topological polar surface area (TPSA) is 72.9 Å². The molecule has 0 saturated heterocycles. The van der Waals surface area contributed by atoms with Crippen molar-refractivity contribution in [2.24, 2.45) is 12.8 Å². The summed E-state index contributed by atoms with van der Waals surface area (Å²) >= 11 is 0. The van der Waals surface area contributed by atoms with Crippen LogP contribution in [0.3, 0.4) is 0 Å². The molecule has 1 aromatic heterocycles. The second kappa shape index (κ2) is 5.77. The number of hydrogen-bond acceptors (Lipinski definition) is 5. The molecule has 0 aliphatic heterocycles. The fraction of sp³-hybridized carbons (Fsp3) is 0.889. The lowest BCUT2D eigenvalue weighted by Gasteiger charge is -2.24. The standard InChI is InChI=1S/C9H20N6/c1-8(2)15(6-4-5-10)7-9-11-13-14(3)12-9/h8H,4-7,10H2,1-3H3. The van der Waals surface area contributed by atoms with E-state index in [1.54, 1.807) is 7.05 Å². The van der Waals surface area contributed by atoms with E-state index in [9.17, 15) is 0 Å². The van der Waals surface area contributed by atoms with Crippen molar-refractivity contribution in [3.63, 3.8) is 0 Å². The first-order chi connectivity index (χ1) is 7.13. The van der Waals surface area contributed by atoms with Gasteiger partial charge in [0.05, 0.1) is 13.6 Å². The van der Waals surface area contributed by atoms with Crippen LogP contribution in [0.15, 0.2) is 0 Å². The SMILES string of the molecule is CC(C)N(CCCN)Cc1nnn(C)n1. The van der Waals surface area contributed by atoms with Gasteiger partial charge in [-0.3, -0.25) is 4.90 Å². The quantitative estimate of drug-likeness (QED) is 0.705. The molecule has 0 aromatic carbocycles. The first-order valence-corrected chi connectivity index (χ1v) is 5.30. The number of aromatic nitrogens is 4. The summed E-state index contributed by atoms with van der Waals surface area (Å²) in [6.07, 6.45) is 0.998. The zero-order chi connectivity index (χ0) is 11.3. The molecule has 0 fully saturated rings. The number of nitrogens with zero attached hydrogens (tertiary/aromatic N) is 5.